The van der Waals surface area contributed by atoms with Crippen LogP contribution in [0.1, 0.15) is 11.4 Å². The number of hydrogen-bond donors (Lipinski definition) is 1. The third-order valence-electron chi connectivity index (χ3n) is 3.05. The molecule has 1 heterocycles. The molecule has 102 valence electrons. The van der Waals surface area contributed by atoms with Gasteiger partial charge in [-0.1, -0.05) is 23.2 Å². The third-order valence-corrected chi connectivity index (χ3v) is 3.78. The molecule has 4 nitrogen and oxygen atoms in total. The Kier molecular flexibility index (Phi) is 3.92. The number of nitrogens with two attached hydrogens (primary N) is 1. The third kappa shape index (κ3) is 2.80. The molecule has 6 heteroatoms. The largest absolute Gasteiger partial charge is 0.397 e. The van der Waals surface area contributed by atoms with Crippen molar-refractivity contribution in [3.05, 3.63) is 39.6 Å². The number of benzene rings is 1. The number of hydrogen-bond acceptors (Lipinski definition) is 3. The van der Waals surface area contributed by atoms with Crippen molar-refractivity contribution in [2.45, 2.75) is 13.5 Å². The Hall–Kier alpha value is -1.39. The van der Waals surface area contributed by atoms with Gasteiger partial charge in [0, 0.05) is 19.1 Å². The van der Waals surface area contributed by atoms with E-state index in [9.17, 15) is 0 Å². The first-order valence-electron chi connectivity index (χ1n) is 5.84. The Balaban J connectivity index is 2.30. The molecule has 0 unspecified atom stereocenters. The highest BCUT2D eigenvalue weighted by atomic mass is 35.5. The summed E-state index contributed by atoms with van der Waals surface area (Å²) in [7, 11) is 3.82. The molecule has 2 N–H and O–H groups in total. The fraction of sp³-hybridized carbons (Fsp3) is 0.308. The minimum Gasteiger partial charge on any atom is -0.397 e. The normalized spacial score (nSPS) is 10.8. The maximum Gasteiger partial charge on any atom is 0.0865 e. The van der Waals surface area contributed by atoms with E-state index in [4.69, 9.17) is 28.9 Å². The minimum atomic E-state index is 0.612. The van der Waals surface area contributed by atoms with Gasteiger partial charge < -0.3 is 10.6 Å². The maximum absolute atomic E-state index is 6.25. The number of nitrogen functional groups attached to an aromatic ring is 1. The fourth-order valence-corrected chi connectivity index (χ4v) is 2.40. The zero-order chi connectivity index (χ0) is 14.2. The summed E-state index contributed by atoms with van der Waals surface area (Å²) in [5, 5.41) is 5.64. The van der Waals surface area contributed by atoms with E-state index < -0.39 is 0 Å². The first kappa shape index (κ1) is 14.0. The van der Waals surface area contributed by atoms with Crippen LogP contribution >= 0.6 is 23.2 Å². The van der Waals surface area contributed by atoms with Crippen molar-refractivity contribution < 1.29 is 0 Å². The van der Waals surface area contributed by atoms with Crippen molar-refractivity contribution >= 4 is 34.6 Å². The molecule has 2 aromatic rings. The van der Waals surface area contributed by atoms with Crippen molar-refractivity contribution in [3.8, 4) is 0 Å². The molecule has 2 rings (SSSR count). The monoisotopic (exact) mass is 298 g/mol. The van der Waals surface area contributed by atoms with E-state index in [-0.39, 0.29) is 0 Å². The lowest BCUT2D eigenvalue weighted by molar-refractivity contribution is 0.694. The van der Waals surface area contributed by atoms with Gasteiger partial charge in [-0.05, 0) is 25.1 Å². The summed E-state index contributed by atoms with van der Waals surface area (Å²) < 4.78 is 1.79. The fourth-order valence-electron chi connectivity index (χ4n) is 2.01. The van der Waals surface area contributed by atoms with E-state index in [0.29, 0.717) is 22.3 Å². The van der Waals surface area contributed by atoms with E-state index in [0.717, 1.165) is 17.1 Å². The topological polar surface area (TPSA) is 47.1 Å². The Morgan fingerprint density at radius 1 is 1.37 bits per heavy atom. The molecule has 0 bridgehead atoms. The maximum atomic E-state index is 6.25. The molecule has 1 aromatic carbocycles. The van der Waals surface area contributed by atoms with E-state index >= 15 is 0 Å². The van der Waals surface area contributed by atoms with Crippen molar-refractivity contribution in [3.63, 3.8) is 0 Å². The van der Waals surface area contributed by atoms with E-state index in [1.54, 1.807) is 16.8 Å². The minimum absolute atomic E-state index is 0.612. The molecule has 1 aromatic heterocycles. The van der Waals surface area contributed by atoms with Crippen LogP contribution in [0.4, 0.5) is 11.4 Å². The lowest BCUT2D eigenvalue weighted by Crippen LogP contribution is -2.20. The predicted octanol–water partition coefficient (Wildman–Crippen LogP) is 3.25. The highest BCUT2D eigenvalue weighted by Crippen LogP contribution is 2.29. The number of anilines is 2. The average Bonchev–Trinajstić information content (AvgIpc) is 2.59. The van der Waals surface area contributed by atoms with E-state index in [2.05, 4.69) is 5.10 Å². The molecular weight excluding hydrogens is 283 g/mol. The summed E-state index contributed by atoms with van der Waals surface area (Å²) in [5.74, 6) is 0. The number of rotatable bonds is 3. The molecule has 0 fully saturated rings. The van der Waals surface area contributed by atoms with Gasteiger partial charge in [0.1, 0.15) is 0 Å². The molecule has 0 radical (unpaired) electrons. The van der Waals surface area contributed by atoms with Crippen molar-refractivity contribution in [2.24, 2.45) is 7.05 Å². The van der Waals surface area contributed by atoms with Crippen LogP contribution in [0.2, 0.25) is 10.0 Å². The molecular formula is C13H16Cl2N4. The quantitative estimate of drug-likeness (QED) is 0.885. The van der Waals surface area contributed by atoms with Gasteiger partial charge in [-0.3, -0.25) is 4.68 Å². The molecule has 0 saturated carbocycles. The second-order valence-corrected chi connectivity index (χ2v) is 5.34. The van der Waals surface area contributed by atoms with Crippen LogP contribution in [0.25, 0.3) is 0 Å². The summed E-state index contributed by atoms with van der Waals surface area (Å²) >= 11 is 12.3. The van der Waals surface area contributed by atoms with Gasteiger partial charge in [0.25, 0.3) is 0 Å². The second-order valence-electron chi connectivity index (χ2n) is 4.53. The van der Waals surface area contributed by atoms with Crippen molar-refractivity contribution in [2.75, 3.05) is 17.7 Å². The van der Waals surface area contributed by atoms with Crippen molar-refractivity contribution in [1.82, 2.24) is 9.78 Å². The molecule has 19 heavy (non-hydrogen) atoms. The zero-order valence-electron chi connectivity index (χ0n) is 11.1. The van der Waals surface area contributed by atoms with Gasteiger partial charge in [0.15, 0.2) is 0 Å². The van der Waals surface area contributed by atoms with Crippen LogP contribution in [0.3, 0.4) is 0 Å². The molecule has 0 aliphatic carbocycles. The molecule has 0 atom stereocenters. The average molecular weight is 299 g/mol. The van der Waals surface area contributed by atoms with Gasteiger partial charge in [-0.15, -0.1) is 0 Å². The SMILES string of the molecule is Cc1nn(C)c(CN(C)c2cc(Cl)ccc2N)c1Cl. The van der Waals surface area contributed by atoms with Gasteiger partial charge in [-0.2, -0.15) is 5.10 Å². The van der Waals surface area contributed by atoms with Gasteiger partial charge in [0.2, 0.25) is 0 Å². The summed E-state index contributed by atoms with van der Waals surface area (Å²) in [6, 6.07) is 5.41. The smallest absolute Gasteiger partial charge is 0.0865 e. The number of aryl methyl sites for hydroxylation is 2. The number of halogens is 2. The van der Waals surface area contributed by atoms with Gasteiger partial charge in [-0.25, -0.2) is 0 Å². The molecule has 0 spiro atoms. The molecule has 0 saturated heterocycles. The lowest BCUT2D eigenvalue weighted by Gasteiger charge is -2.21. The standard InChI is InChI=1S/C13H16Cl2N4/c1-8-13(15)12(19(3)17-8)7-18(2)11-6-9(14)4-5-10(11)16/h4-6H,7,16H2,1-3H3. The van der Waals surface area contributed by atoms with Gasteiger partial charge >= 0.3 is 0 Å². The summed E-state index contributed by atoms with van der Waals surface area (Å²) in [6.07, 6.45) is 0. The highest BCUT2D eigenvalue weighted by molar-refractivity contribution is 6.32. The van der Waals surface area contributed by atoms with E-state index in [1.807, 2.05) is 32.0 Å². The summed E-state index contributed by atoms with van der Waals surface area (Å²) in [4.78, 5) is 2.00. The molecule has 0 aliphatic heterocycles. The van der Waals surface area contributed by atoms with Crippen LogP contribution < -0.4 is 10.6 Å². The summed E-state index contributed by atoms with van der Waals surface area (Å²) in [6.45, 7) is 2.50. The van der Waals surface area contributed by atoms with Gasteiger partial charge in [0.05, 0.1) is 34.3 Å². The highest BCUT2D eigenvalue weighted by Gasteiger charge is 2.14. The van der Waals surface area contributed by atoms with Crippen LogP contribution in [0.5, 0.6) is 0 Å². The van der Waals surface area contributed by atoms with Crippen LogP contribution in [0.15, 0.2) is 18.2 Å². The van der Waals surface area contributed by atoms with Crippen LogP contribution in [0, 0.1) is 6.92 Å². The Morgan fingerprint density at radius 2 is 2.05 bits per heavy atom. The number of aromatic nitrogens is 2. The van der Waals surface area contributed by atoms with E-state index in [1.165, 1.54) is 0 Å². The Morgan fingerprint density at radius 3 is 2.63 bits per heavy atom. The summed E-state index contributed by atoms with van der Waals surface area (Å²) in [5.41, 5.74) is 9.30. The first-order valence-corrected chi connectivity index (χ1v) is 6.60. The van der Waals surface area contributed by atoms with Crippen LogP contribution in [-0.2, 0) is 13.6 Å². The molecule has 0 amide bonds. The predicted molar refractivity (Wildman–Crippen MR) is 80.9 cm³/mol. The Labute approximate surface area is 122 Å². The van der Waals surface area contributed by atoms with Crippen LogP contribution in [-0.4, -0.2) is 16.8 Å². The second kappa shape index (κ2) is 5.31. The Bertz CT molecular complexity index is 607. The van der Waals surface area contributed by atoms with Crippen molar-refractivity contribution in [1.29, 1.82) is 0 Å². The zero-order valence-corrected chi connectivity index (χ0v) is 12.6. The molecule has 0 aliphatic rings. The first-order chi connectivity index (χ1) is 8.90. The lowest BCUT2D eigenvalue weighted by atomic mass is 10.2. The number of nitrogens with zero attached hydrogens (tertiary/aromatic N) is 3.